The number of carbonyl (C=O) groups excluding carboxylic acids is 1. The highest BCUT2D eigenvalue weighted by Crippen LogP contribution is 2.23. The maximum atomic E-state index is 12.4. The Hall–Kier alpha value is -3.87. The maximum absolute atomic E-state index is 12.4. The lowest BCUT2D eigenvalue weighted by Gasteiger charge is -2.08. The number of methoxy groups -OCH3 is 1. The smallest absolute Gasteiger partial charge is 0.274 e. The third-order valence-electron chi connectivity index (χ3n) is 4.47. The molecule has 1 N–H and O–H groups in total. The summed E-state index contributed by atoms with van der Waals surface area (Å²) in [6, 6.07) is 18.7. The van der Waals surface area contributed by atoms with Crippen molar-refractivity contribution in [1.29, 1.82) is 0 Å². The van der Waals surface area contributed by atoms with E-state index >= 15 is 0 Å². The highest BCUT2D eigenvalue weighted by molar-refractivity contribution is 5.90. The molecule has 29 heavy (non-hydrogen) atoms. The molecule has 7 nitrogen and oxygen atoms in total. The third-order valence-corrected chi connectivity index (χ3v) is 4.47. The minimum absolute atomic E-state index is 0.122. The summed E-state index contributed by atoms with van der Waals surface area (Å²) in [6.07, 6.45) is 1.80. The second-order valence-electron chi connectivity index (χ2n) is 6.59. The summed E-state index contributed by atoms with van der Waals surface area (Å²) in [7, 11) is 1.60. The lowest BCUT2D eigenvalue weighted by atomic mass is 10.1. The normalized spacial score (nSPS) is 10.7. The Morgan fingerprint density at radius 1 is 1.10 bits per heavy atom. The van der Waals surface area contributed by atoms with Crippen LogP contribution in [0.3, 0.4) is 0 Å². The van der Waals surface area contributed by atoms with Crippen LogP contribution in [0.15, 0.2) is 71.4 Å². The average Bonchev–Trinajstić information content (AvgIpc) is 3.38. The zero-order chi connectivity index (χ0) is 20.2. The first-order chi connectivity index (χ1) is 14.1. The monoisotopic (exact) mass is 388 g/mol. The zero-order valence-corrected chi connectivity index (χ0v) is 16.1. The van der Waals surface area contributed by atoms with Crippen molar-refractivity contribution in [1.82, 2.24) is 14.7 Å². The van der Waals surface area contributed by atoms with E-state index in [0.29, 0.717) is 23.1 Å². The van der Waals surface area contributed by atoms with Crippen LogP contribution in [-0.2, 0) is 11.3 Å². The van der Waals surface area contributed by atoms with Gasteiger partial charge in [0.1, 0.15) is 18.0 Å². The number of aryl methyl sites for hydroxylation is 1. The van der Waals surface area contributed by atoms with Gasteiger partial charge in [0, 0.05) is 17.4 Å². The van der Waals surface area contributed by atoms with E-state index in [1.54, 1.807) is 42.1 Å². The fraction of sp³-hybridized carbons (Fsp3) is 0.136. The molecule has 1 amide bonds. The van der Waals surface area contributed by atoms with Crippen molar-refractivity contribution in [2.24, 2.45) is 0 Å². The van der Waals surface area contributed by atoms with E-state index < -0.39 is 0 Å². The number of amides is 1. The quantitative estimate of drug-likeness (QED) is 0.536. The van der Waals surface area contributed by atoms with Crippen molar-refractivity contribution in [2.75, 3.05) is 12.4 Å². The molecule has 2 heterocycles. The minimum Gasteiger partial charge on any atom is -0.497 e. The van der Waals surface area contributed by atoms with E-state index in [4.69, 9.17) is 9.26 Å². The molecule has 0 bridgehead atoms. The Labute approximate surface area is 167 Å². The molecule has 4 aromatic rings. The van der Waals surface area contributed by atoms with Crippen LogP contribution in [0.1, 0.15) is 5.56 Å². The highest BCUT2D eigenvalue weighted by Gasteiger charge is 2.15. The Morgan fingerprint density at radius 2 is 1.86 bits per heavy atom. The Bertz CT molecular complexity index is 1110. The Kier molecular flexibility index (Phi) is 5.11. The Balaban J connectivity index is 1.48. The first-order valence-electron chi connectivity index (χ1n) is 9.12. The number of nitrogens with zero attached hydrogens (tertiary/aromatic N) is 3. The van der Waals surface area contributed by atoms with Crippen molar-refractivity contribution >= 4 is 11.6 Å². The molecule has 0 spiro atoms. The predicted octanol–water partition coefficient (Wildman–Crippen LogP) is 4.16. The van der Waals surface area contributed by atoms with E-state index in [1.165, 1.54) is 0 Å². The third kappa shape index (κ3) is 4.19. The van der Waals surface area contributed by atoms with E-state index in [0.717, 1.165) is 16.9 Å². The molecule has 0 saturated carbocycles. The molecule has 0 atom stereocenters. The fourth-order valence-corrected chi connectivity index (χ4v) is 2.92. The van der Waals surface area contributed by atoms with Crippen molar-refractivity contribution in [3.8, 4) is 28.7 Å². The lowest BCUT2D eigenvalue weighted by molar-refractivity contribution is -0.116. The molecule has 0 unspecified atom stereocenters. The molecule has 0 aliphatic rings. The largest absolute Gasteiger partial charge is 0.497 e. The van der Waals surface area contributed by atoms with Gasteiger partial charge in [0.05, 0.1) is 7.11 Å². The summed E-state index contributed by atoms with van der Waals surface area (Å²) in [5, 5.41) is 6.93. The molecule has 0 aliphatic heterocycles. The van der Waals surface area contributed by atoms with Gasteiger partial charge in [-0.3, -0.25) is 4.79 Å². The van der Waals surface area contributed by atoms with Gasteiger partial charge in [-0.1, -0.05) is 35.0 Å². The molecule has 7 heteroatoms. The summed E-state index contributed by atoms with van der Waals surface area (Å²) in [6.45, 7) is 2.14. The minimum atomic E-state index is -0.161. The van der Waals surface area contributed by atoms with Crippen LogP contribution < -0.4 is 10.1 Å². The molecule has 0 fully saturated rings. The SMILES string of the molecule is COc1ccc(NC(=O)Cn2cccc2-c2nc(-c3ccc(C)cc3)no2)cc1. The molecular weight excluding hydrogens is 368 g/mol. The number of aromatic nitrogens is 3. The molecular formula is C22H20N4O3. The second kappa shape index (κ2) is 8.02. The van der Waals surface area contributed by atoms with Gasteiger partial charge in [0.25, 0.3) is 5.89 Å². The molecule has 146 valence electrons. The first kappa shape index (κ1) is 18.5. The van der Waals surface area contributed by atoms with Crippen LogP contribution in [0.2, 0.25) is 0 Å². The van der Waals surface area contributed by atoms with Crippen LogP contribution in [-0.4, -0.2) is 27.7 Å². The van der Waals surface area contributed by atoms with Gasteiger partial charge in [0.2, 0.25) is 11.7 Å². The van der Waals surface area contributed by atoms with Gasteiger partial charge in [-0.2, -0.15) is 4.98 Å². The van der Waals surface area contributed by atoms with Gasteiger partial charge in [-0.05, 0) is 43.3 Å². The number of hydrogen-bond donors (Lipinski definition) is 1. The number of benzene rings is 2. The van der Waals surface area contributed by atoms with Crippen molar-refractivity contribution in [3.05, 3.63) is 72.4 Å². The van der Waals surface area contributed by atoms with Gasteiger partial charge in [0.15, 0.2) is 0 Å². The van der Waals surface area contributed by atoms with Crippen molar-refractivity contribution in [3.63, 3.8) is 0 Å². The van der Waals surface area contributed by atoms with Crippen LogP contribution in [0.4, 0.5) is 5.69 Å². The zero-order valence-electron chi connectivity index (χ0n) is 16.1. The van der Waals surface area contributed by atoms with Crippen molar-refractivity contribution < 1.29 is 14.1 Å². The molecule has 2 aromatic carbocycles. The topological polar surface area (TPSA) is 82.2 Å². The fourth-order valence-electron chi connectivity index (χ4n) is 2.92. The van der Waals surface area contributed by atoms with Crippen LogP contribution in [0.5, 0.6) is 5.75 Å². The molecule has 0 saturated heterocycles. The maximum Gasteiger partial charge on any atom is 0.274 e. The number of nitrogens with one attached hydrogen (secondary N) is 1. The molecule has 0 aliphatic carbocycles. The summed E-state index contributed by atoms with van der Waals surface area (Å²) in [4.78, 5) is 16.9. The van der Waals surface area contributed by atoms with Gasteiger partial charge >= 0.3 is 0 Å². The van der Waals surface area contributed by atoms with Crippen molar-refractivity contribution in [2.45, 2.75) is 13.5 Å². The summed E-state index contributed by atoms with van der Waals surface area (Å²) >= 11 is 0. The van der Waals surface area contributed by atoms with Gasteiger partial charge < -0.3 is 19.1 Å². The summed E-state index contributed by atoms with van der Waals surface area (Å²) < 4.78 is 12.3. The van der Waals surface area contributed by atoms with Gasteiger partial charge in [-0.15, -0.1) is 0 Å². The molecule has 2 aromatic heterocycles. The van der Waals surface area contributed by atoms with E-state index in [1.807, 2.05) is 43.3 Å². The lowest BCUT2D eigenvalue weighted by Crippen LogP contribution is -2.18. The van der Waals surface area contributed by atoms with Crippen LogP contribution in [0.25, 0.3) is 23.0 Å². The summed E-state index contributed by atoms with van der Waals surface area (Å²) in [5.41, 5.74) is 3.42. The Morgan fingerprint density at radius 3 is 2.59 bits per heavy atom. The number of anilines is 1. The highest BCUT2D eigenvalue weighted by atomic mass is 16.5. The number of carbonyl (C=O) groups is 1. The number of rotatable bonds is 6. The second-order valence-corrected chi connectivity index (χ2v) is 6.59. The predicted molar refractivity (Wildman–Crippen MR) is 110 cm³/mol. The standard InChI is InChI=1S/C22H20N4O3/c1-15-5-7-16(8-6-15)21-24-22(29-25-21)19-4-3-13-26(19)14-20(27)23-17-9-11-18(28-2)12-10-17/h3-13H,14H2,1-2H3,(H,23,27). The first-order valence-corrected chi connectivity index (χ1v) is 9.12. The molecule has 0 radical (unpaired) electrons. The molecule has 4 rings (SSSR count). The van der Waals surface area contributed by atoms with E-state index in [2.05, 4.69) is 15.5 Å². The van der Waals surface area contributed by atoms with E-state index in [9.17, 15) is 4.79 Å². The number of ether oxygens (including phenoxy) is 1. The average molecular weight is 388 g/mol. The van der Waals surface area contributed by atoms with Gasteiger partial charge in [-0.25, -0.2) is 0 Å². The number of hydrogen-bond acceptors (Lipinski definition) is 5. The van der Waals surface area contributed by atoms with E-state index in [-0.39, 0.29) is 12.5 Å². The van der Waals surface area contributed by atoms with Crippen LogP contribution >= 0.6 is 0 Å². The summed E-state index contributed by atoms with van der Waals surface area (Å²) in [5.74, 6) is 1.45. The van der Waals surface area contributed by atoms with Crippen LogP contribution in [0, 0.1) is 6.92 Å².